The number of benzene rings is 2. The van der Waals surface area contributed by atoms with Gasteiger partial charge in [-0.05, 0) is 54.7 Å². The molecule has 0 aliphatic heterocycles. The van der Waals surface area contributed by atoms with Gasteiger partial charge in [-0.15, -0.1) is 13.2 Å². The lowest BCUT2D eigenvalue weighted by Crippen LogP contribution is -2.35. The molecule has 0 atom stereocenters. The zero-order chi connectivity index (χ0) is 27.2. The van der Waals surface area contributed by atoms with Crippen molar-refractivity contribution in [3.05, 3.63) is 76.5 Å². The van der Waals surface area contributed by atoms with Crippen LogP contribution in [0, 0.1) is 5.82 Å². The van der Waals surface area contributed by atoms with Gasteiger partial charge in [0.2, 0.25) is 0 Å². The molecule has 2 heterocycles. The first-order chi connectivity index (χ1) is 17.9. The zero-order valence-electron chi connectivity index (χ0n) is 19.5. The Morgan fingerprint density at radius 3 is 2.53 bits per heavy atom. The van der Waals surface area contributed by atoms with Crippen LogP contribution in [0.3, 0.4) is 0 Å². The smallest absolute Gasteiger partial charge is 0.495 e. The number of ether oxygens (including phenoxy) is 2. The fraction of sp³-hybridized carbons (Fsp3) is 0.250. The van der Waals surface area contributed by atoms with Gasteiger partial charge in [0.1, 0.15) is 17.8 Å². The van der Waals surface area contributed by atoms with Crippen molar-refractivity contribution >= 4 is 26.7 Å². The highest BCUT2D eigenvalue weighted by molar-refractivity contribution is 7.92. The first-order valence-electron chi connectivity index (χ1n) is 11.2. The Kier molecular flexibility index (Phi) is 6.39. The number of methoxy groups -OCH3 is 1. The summed E-state index contributed by atoms with van der Waals surface area (Å²) >= 11 is 0. The maximum atomic E-state index is 15.2. The Balaban J connectivity index is 1.51. The highest BCUT2D eigenvalue weighted by atomic mass is 32.2. The summed E-state index contributed by atoms with van der Waals surface area (Å²) < 4.78 is 95.4. The number of pyridine rings is 1. The maximum Gasteiger partial charge on any atom is 0.522 e. The molecule has 2 aromatic carbocycles. The lowest BCUT2D eigenvalue weighted by atomic mass is 9.77. The first-order valence-corrected chi connectivity index (χ1v) is 12.6. The number of alkyl halides is 3. The Morgan fingerprint density at radius 1 is 1.11 bits per heavy atom. The summed E-state index contributed by atoms with van der Waals surface area (Å²) in [6.45, 7) is 0. The molecule has 0 saturated heterocycles. The first kappa shape index (κ1) is 25.7. The van der Waals surface area contributed by atoms with Crippen molar-refractivity contribution in [2.45, 2.75) is 36.1 Å². The van der Waals surface area contributed by atoms with Crippen molar-refractivity contribution in [2.24, 2.45) is 0 Å². The van der Waals surface area contributed by atoms with Crippen molar-refractivity contribution < 1.29 is 40.0 Å². The summed E-state index contributed by atoms with van der Waals surface area (Å²) in [6.07, 6.45) is -4.67. The predicted octanol–water partition coefficient (Wildman–Crippen LogP) is 4.71. The molecule has 5 rings (SSSR count). The van der Waals surface area contributed by atoms with Crippen LogP contribution in [0.2, 0.25) is 0 Å². The largest absolute Gasteiger partial charge is 0.522 e. The fourth-order valence-electron chi connectivity index (χ4n) is 4.42. The minimum atomic E-state index is -4.77. The van der Waals surface area contributed by atoms with Crippen molar-refractivity contribution in [3.63, 3.8) is 0 Å². The summed E-state index contributed by atoms with van der Waals surface area (Å²) in [5.74, 6) is -1.14. The summed E-state index contributed by atoms with van der Waals surface area (Å²) in [6, 6.07) is 10.4. The second kappa shape index (κ2) is 9.44. The van der Waals surface area contributed by atoms with Gasteiger partial charge in [0.15, 0.2) is 5.82 Å². The molecule has 2 aromatic heterocycles. The van der Waals surface area contributed by atoms with E-state index in [1.165, 1.54) is 60.4 Å². The van der Waals surface area contributed by atoms with E-state index in [9.17, 15) is 26.4 Å². The van der Waals surface area contributed by atoms with Crippen LogP contribution in [0.4, 0.5) is 23.4 Å². The molecule has 0 bridgehead atoms. The van der Waals surface area contributed by atoms with Gasteiger partial charge < -0.3 is 9.26 Å². The average molecular weight is 553 g/mol. The van der Waals surface area contributed by atoms with Gasteiger partial charge in [-0.2, -0.15) is 0 Å². The zero-order valence-corrected chi connectivity index (χ0v) is 20.3. The van der Waals surface area contributed by atoms with Gasteiger partial charge in [-0.25, -0.2) is 12.8 Å². The van der Waals surface area contributed by atoms with Crippen LogP contribution >= 0.6 is 0 Å². The van der Waals surface area contributed by atoms with Gasteiger partial charge in [-0.3, -0.25) is 18.8 Å². The number of halogens is 4. The number of nitrogens with one attached hydrogen (secondary N) is 1. The topological polar surface area (TPSA) is 113 Å². The summed E-state index contributed by atoms with van der Waals surface area (Å²) in [7, 11) is -2.72. The number of fused-ring (bicyclic) bond motifs is 1. The quantitative estimate of drug-likeness (QED) is 0.330. The Labute approximate surface area is 212 Å². The molecule has 1 aliphatic rings. The van der Waals surface area contributed by atoms with E-state index in [-0.39, 0.29) is 46.1 Å². The van der Waals surface area contributed by atoms with Crippen LogP contribution in [-0.2, 0) is 14.8 Å². The van der Waals surface area contributed by atoms with Gasteiger partial charge in [0, 0.05) is 23.6 Å². The normalized spacial score (nSPS) is 17.8. The van der Waals surface area contributed by atoms with E-state index < -0.39 is 39.8 Å². The molecule has 14 heteroatoms. The number of hydrogen-bond acceptors (Lipinski definition) is 7. The third kappa shape index (κ3) is 4.96. The molecule has 200 valence electrons. The van der Waals surface area contributed by atoms with Crippen molar-refractivity contribution in [3.8, 4) is 11.4 Å². The van der Waals surface area contributed by atoms with Gasteiger partial charge >= 0.3 is 6.36 Å². The molecule has 0 spiro atoms. The van der Waals surface area contributed by atoms with Crippen LogP contribution in [-0.4, -0.2) is 37.7 Å². The van der Waals surface area contributed by atoms with E-state index in [0.29, 0.717) is 5.39 Å². The van der Waals surface area contributed by atoms with E-state index in [1.807, 2.05) is 0 Å². The second-order valence-corrected chi connectivity index (χ2v) is 10.3. The number of nitrogens with zero attached hydrogens (tertiary/aromatic N) is 2. The van der Waals surface area contributed by atoms with Gasteiger partial charge in [-0.1, -0.05) is 5.16 Å². The van der Waals surface area contributed by atoms with Crippen LogP contribution in [0.15, 0.2) is 69.0 Å². The van der Waals surface area contributed by atoms with Crippen LogP contribution in [0.25, 0.3) is 16.6 Å². The summed E-state index contributed by atoms with van der Waals surface area (Å²) in [5, 5.41) is 3.87. The van der Waals surface area contributed by atoms with Crippen molar-refractivity contribution in [2.75, 3.05) is 11.8 Å². The molecule has 0 unspecified atom stereocenters. The van der Waals surface area contributed by atoms with Gasteiger partial charge in [0.05, 0.1) is 29.3 Å². The molecular weight excluding hydrogens is 534 g/mol. The Hall–Kier alpha value is -3.91. The maximum absolute atomic E-state index is 15.2. The minimum Gasteiger partial charge on any atom is -0.495 e. The van der Waals surface area contributed by atoms with E-state index in [4.69, 9.17) is 4.74 Å². The fourth-order valence-corrected chi connectivity index (χ4v) is 5.44. The molecule has 4 aromatic rings. The molecule has 38 heavy (non-hydrogen) atoms. The lowest BCUT2D eigenvalue weighted by molar-refractivity contribution is -0.351. The third-order valence-corrected chi connectivity index (χ3v) is 7.58. The molecular formula is C24H19F4N3O6S. The predicted molar refractivity (Wildman–Crippen MR) is 126 cm³/mol. The number of anilines is 1. The highest BCUT2D eigenvalue weighted by Crippen LogP contribution is 2.44. The molecule has 1 N–H and O–H groups in total. The SMILES string of the molecule is COc1cc([C@H]2C[C@H](OC(F)(F)F)C2)c(F)cc1-n1c(=O)ccc2cc(S(=O)(=O)Nc3ccon3)ccc21. The van der Waals surface area contributed by atoms with Gasteiger partial charge in [0.25, 0.3) is 15.6 Å². The number of rotatable bonds is 7. The summed E-state index contributed by atoms with van der Waals surface area (Å²) in [5.41, 5.74) is -0.0801. The Bertz CT molecular complexity index is 1660. The molecule has 9 nitrogen and oxygen atoms in total. The average Bonchev–Trinajstić information content (AvgIpc) is 3.33. The standard InChI is InChI=1S/C24H19F4N3O6S/c1-35-21-11-17(14-8-15(9-14)37-24(26,27)28)18(25)12-20(21)31-19-4-3-16(10-13(19)2-5-23(31)32)38(33,34)30-22-6-7-36-29-22/h2-7,10-12,14-15H,8-9H2,1H3,(H,29,30)/t14-,15-. The molecule has 1 saturated carbocycles. The van der Waals surface area contributed by atoms with E-state index in [0.717, 1.165) is 6.07 Å². The third-order valence-electron chi connectivity index (χ3n) is 6.23. The highest BCUT2D eigenvalue weighted by Gasteiger charge is 2.41. The van der Waals surface area contributed by atoms with Crippen LogP contribution in [0.1, 0.15) is 24.3 Å². The van der Waals surface area contributed by atoms with E-state index in [1.54, 1.807) is 0 Å². The van der Waals surface area contributed by atoms with Crippen molar-refractivity contribution in [1.82, 2.24) is 9.72 Å². The van der Waals surface area contributed by atoms with Crippen molar-refractivity contribution in [1.29, 1.82) is 0 Å². The Morgan fingerprint density at radius 2 is 1.87 bits per heavy atom. The monoisotopic (exact) mass is 553 g/mol. The number of sulfonamides is 1. The summed E-state index contributed by atoms with van der Waals surface area (Å²) in [4.78, 5) is 12.8. The second-order valence-electron chi connectivity index (χ2n) is 8.62. The number of aromatic nitrogens is 2. The van der Waals surface area contributed by atoms with E-state index in [2.05, 4.69) is 19.1 Å². The number of hydrogen-bond donors (Lipinski definition) is 1. The van der Waals surface area contributed by atoms with Crippen LogP contribution < -0.4 is 15.0 Å². The molecule has 1 fully saturated rings. The molecule has 0 radical (unpaired) electrons. The lowest BCUT2D eigenvalue weighted by Gasteiger charge is -2.36. The van der Waals surface area contributed by atoms with E-state index >= 15 is 4.39 Å². The molecule has 0 amide bonds. The molecule has 1 aliphatic carbocycles. The minimum absolute atomic E-state index is 0.0156. The van der Waals surface area contributed by atoms with Crippen LogP contribution in [0.5, 0.6) is 5.75 Å².